The molecule has 0 amide bonds. The standard InChI is InChI=1S/C21H22F3N5/c1-11-4-21-26-8-12-9-28(10-20(12)29(21)27-11)13-2-3-14(19(25)5-13)15-6-17(23)18(24)7-16(15)22/h4,6-8,13-14,19H,2-3,5,9-10,25H2,1H3/t13-,14?,19-/m0/s1. The molecular formula is C21H22F3N5. The minimum atomic E-state index is -1.17. The van der Waals surface area contributed by atoms with Gasteiger partial charge in [-0.05, 0) is 37.8 Å². The molecule has 5 rings (SSSR count). The number of halogens is 3. The van der Waals surface area contributed by atoms with Gasteiger partial charge in [-0.3, -0.25) is 4.90 Å². The van der Waals surface area contributed by atoms with Crippen molar-refractivity contribution in [2.45, 2.75) is 57.3 Å². The van der Waals surface area contributed by atoms with E-state index in [4.69, 9.17) is 5.73 Å². The Balaban J connectivity index is 1.34. The third-order valence-corrected chi connectivity index (χ3v) is 6.35. The van der Waals surface area contributed by atoms with Crippen molar-refractivity contribution in [2.24, 2.45) is 5.73 Å². The van der Waals surface area contributed by atoms with E-state index in [-0.39, 0.29) is 23.6 Å². The Labute approximate surface area is 166 Å². The van der Waals surface area contributed by atoms with Crippen molar-refractivity contribution in [3.63, 3.8) is 0 Å². The topological polar surface area (TPSA) is 59.5 Å². The van der Waals surface area contributed by atoms with Crippen LogP contribution in [0.2, 0.25) is 0 Å². The third-order valence-electron chi connectivity index (χ3n) is 6.35. The van der Waals surface area contributed by atoms with Gasteiger partial charge in [-0.15, -0.1) is 0 Å². The van der Waals surface area contributed by atoms with Gasteiger partial charge in [-0.1, -0.05) is 0 Å². The van der Waals surface area contributed by atoms with Crippen LogP contribution in [-0.4, -0.2) is 31.6 Å². The van der Waals surface area contributed by atoms with E-state index in [2.05, 4.69) is 15.0 Å². The summed E-state index contributed by atoms with van der Waals surface area (Å²) >= 11 is 0. The molecule has 1 fully saturated rings. The van der Waals surface area contributed by atoms with Crippen LogP contribution in [0.3, 0.4) is 0 Å². The van der Waals surface area contributed by atoms with Crippen LogP contribution in [0.4, 0.5) is 13.2 Å². The van der Waals surface area contributed by atoms with Crippen molar-refractivity contribution in [1.82, 2.24) is 19.5 Å². The van der Waals surface area contributed by atoms with E-state index >= 15 is 0 Å². The van der Waals surface area contributed by atoms with Crippen molar-refractivity contribution in [3.05, 3.63) is 64.4 Å². The smallest absolute Gasteiger partial charge is 0.161 e. The molecule has 1 aromatic carbocycles. The maximum atomic E-state index is 14.2. The minimum Gasteiger partial charge on any atom is -0.327 e. The van der Waals surface area contributed by atoms with E-state index < -0.39 is 17.5 Å². The quantitative estimate of drug-likeness (QED) is 0.669. The minimum absolute atomic E-state index is 0.178. The maximum absolute atomic E-state index is 14.2. The molecule has 1 saturated carbocycles. The predicted molar refractivity (Wildman–Crippen MR) is 102 cm³/mol. The number of hydrogen-bond donors (Lipinski definition) is 1. The van der Waals surface area contributed by atoms with Gasteiger partial charge in [0.15, 0.2) is 17.3 Å². The van der Waals surface area contributed by atoms with Crippen LogP contribution < -0.4 is 5.73 Å². The zero-order chi connectivity index (χ0) is 20.3. The molecule has 0 spiro atoms. The highest BCUT2D eigenvalue weighted by Crippen LogP contribution is 2.38. The van der Waals surface area contributed by atoms with Gasteiger partial charge < -0.3 is 5.73 Å². The molecule has 0 bridgehead atoms. The summed E-state index contributed by atoms with van der Waals surface area (Å²) in [6, 6.07) is 3.46. The molecule has 0 radical (unpaired) electrons. The highest BCUT2D eigenvalue weighted by molar-refractivity contribution is 5.43. The summed E-state index contributed by atoms with van der Waals surface area (Å²) in [6.07, 6.45) is 4.04. The molecule has 2 aliphatic rings. The Hall–Kier alpha value is -2.45. The molecule has 1 aliphatic heterocycles. The molecular weight excluding hydrogens is 379 g/mol. The Morgan fingerprint density at radius 1 is 1.03 bits per heavy atom. The Morgan fingerprint density at radius 3 is 2.62 bits per heavy atom. The zero-order valence-electron chi connectivity index (χ0n) is 16.1. The Kier molecular flexibility index (Phi) is 4.36. The molecule has 2 N–H and O–H groups in total. The van der Waals surface area contributed by atoms with E-state index in [0.717, 1.165) is 48.2 Å². The molecule has 1 aliphatic carbocycles. The number of hydrogen-bond acceptors (Lipinski definition) is 4. The van der Waals surface area contributed by atoms with Crippen molar-refractivity contribution in [2.75, 3.05) is 0 Å². The molecule has 0 saturated heterocycles. The van der Waals surface area contributed by atoms with E-state index in [9.17, 15) is 13.2 Å². The van der Waals surface area contributed by atoms with Crippen LogP contribution >= 0.6 is 0 Å². The lowest BCUT2D eigenvalue weighted by Gasteiger charge is -2.38. The first kappa shape index (κ1) is 18.6. The lowest BCUT2D eigenvalue weighted by molar-refractivity contribution is 0.136. The lowest BCUT2D eigenvalue weighted by Crippen LogP contribution is -2.44. The van der Waals surface area contributed by atoms with Gasteiger partial charge in [-0.2, -0.15) is 5.10 Å². The number of aryl methyl sites for hydroxylation is 1. The average Bonchev–Trinajstić information content (AvgIpc) is 3.27. The van der Waals surface area contributed by atoms with E-state index in [0.29, 0.717) is 18.9 Å². The first-order chi connectivity index (χ1) is 13.9. The molecule has 3 heterocycles. The van der Waals surface area contributed by atoms with Crippen LogP contribution in [0.1, 0.15) is 47.7 Å². The van der Waals surface area contributed by atoms with Crippen molar-refractivity contribution in [3.8, 4) is 0 Å². The zero-order valence-corrected chi connectivity index (χ0v) is 16.1. The Morgan fingerprint density at radius 2 is 1.83 bits per heavy atom. The summed E-state index contributed by atoms with van der Waals surface area (Å²) in [5.74, 6) is -3.23. The molecule has 8 heteroatoms. The van der Waals surface area contributed by atoms with E-state index in [1.807, 2.05) is 23.7 Å². The van der Waals surface area contributed by atoms with Gasteiger partial charge >= 0.3 is 0 Å². The van der Waals surface area contributed by atoms with Crippen molar-refractivity contribution in [1.29, 1.82) is 0 Å². The molecule has 1 unspecified atom stereocenters. The van der Waals surface area contributed by atoms with Crippen LogP contribution in [0.5, 0.6) is 0 Å². The number of nitrogens with zero attached hydrogens (tertiary/aromatic N) is 4. The molecule has 29 heavy (non-hydrogen) atoms. The highest BCUT2D eigenvalue weighted by Gasteiger charge is 2.36. The van der Waals surface area contributed by atoms with Gasteiger partial charge in [0, 0.05) is 55.0 Å². The summed E-state index contributed by atoms with van der Waals surface area (Å²) in [7, 11) is 0. The van der Waals surface area contributed by atoms with E-state index in [1.165, 1.54) is 0 Å². The van der Waals surface area contributed by atoms with Gasteiger partial charge in [-0.25, -0.2) is 22.7 Å². The Bertz CT molecular complexity index is 1100. The summed E-state index contributed by atoms with van der Waals surface area (Å²) in [5, 5.41) is 4.55. The molecule has 152 valence electrons. The second kappa shape index (κ2) is 6.81. The third kappa shape index (κ3) is 3.11. The molecule has 5 nitrogen and oxygen atoms in total. The summed E-state index contributed by atoms with van der Waals surface area (Å²) in [6.45, 7) is 3.49. The number of nitrogens with two attached hydrogens (primary N) is 1. The summed E-state index contributed by atoms with van der Waals surface area (Å²) < 4.78 is 43.0. The van der Waals surface area contributed by atoms with Gasteiger partial charge in [0.25, 0.3) is 0 Å². The van der Waals surface area contributed by atoms with Crippen LogP contribution in [0.25, 0.3) is 5.65 Å². The van der Waals surface area contributed by atoms with Gasteiger partial charge in [0.1, 0.15) is 5.82 Å². The highest BCUT2D eigenvalue weighted by atomic mass is 19.2. The second-order valence-electron chi connectivity index (χ2n) is 8.22. The van der Waals surface area contributed by atoms with Crippen molar-refractivity contribution < 1.29 is 13.2 Å². The fourth-order valence-electron chi connectivity index (χ4n) is 4.88. The van der Waals surface area contributed by atoms with Crippen molar-refractivity contribution >= 4 is 5.65 Å². The van der Waals surface area contributed by atoms with Crippen LogP contribution in [0, 0.1) is 24.4 Å². The van der Waals surface area contributed by atoms with Gasteiger partial charge in [0.05, 0.1) is 11.4 Å². The van der Waals surface area contributed by atoms with Crippen LogP contribution in [-0.2, 0) is 13.1 Å². The maximum Gasteiger partial charge on any atom is 0.161 e. The molecule has 3 aromatic rings. The largest absolute Gasteiger partial charge is 0.327 e. The fraction of sp³-hybridized carbons (Fsp3) is 0.429. The molecule has 2 aromatic heterocycles. The fourth-order valence-corrected chi connectivity index (χ4v) is 4.88. The lowest BCUT2D eigenvalue weighted by atomic mass is 9.77. The molecule has 3 atom stereocenters. The first-order valence-corrected chi connectivity index (χ1v) is 9.88. The average molecular weight is 401 g/mol. The van der Waals surface area contributed by atoms with E-state index in [1.54, 1.807) is 0 Å². The second-order valence-corrected chi connectivity index (χ2v) is 8.22. The first-order valence-electron chi connectivity index (χ1n) is 9.88. The predicted octanol–water partition coefficient (Wildman–Crippen LogP) is 3.43. The SMILES string of the molecule is Cc1cc2ncc3c(n2n1)CN([C@H]1CCC(c2cc(F)c(F)cc2F)[C@@H](N)C1)C3. The number of fused-ring (bicyclic) bond motifs is 3. The van der Waals surface area contributed by atoms with Crippen LogP contribution in [0.15, 0.2) is 24.4 Å². The summed E-state index contributed by atoms with van der Waals surface area (Å²) in [5.41, 5.74) is 10.6. The monoisotopic (exact) mass is 401 g/mol. The van der Waals surface area contributed by atoms with Gasteiger partial charge in [0.2, 0.25) is 0 Å². The number of aromatic nitrogens is 3. The normalized spacial score (nSPS) is 24.9. The number of rotatable bonds is 2. The number of benzene rings is 1. The summed E-state index contributed by atoms with van der Waals surface area (Å²) in [4.78, 5) is 6.85.